The Morgan fingerprint density at radius 3 is 3.40 bits per heavy atom. The van der Waals surface area contributed by atoms with E-state index in [4.69, 9.17) is 5.21 Å². The van der Waals surface area contributed by atoms with Gasteiger partial charge in [0.1, 0.15) is 0 Å². The number of hydrogen-bond donors (Lipinski definition) is 1. The van der Waals surface area contributed by atoms with Crippen LogP contribution in [0.25, 0.3) is 6.08 Å². The summed E-state index contributed by atoms with van der Waals surface area (Å²) in [6.07, 6.45) is 4.30. The number of fused-ring (bicyclic) bond motifs is 1. The van der Waals surface area contributed by atoms with E-state index in [9.17, 15) is 0 Å². The van der Waals surface area contributed by atoms with Gasteiger partial charge < -0.3 is 5.21 Å². The quantitative estimate of drug-likeness (QED) is 0.316. The predicted molar refractivity (Wildman–Crippen MR) is 32.8 cm³/mol. The van der Waals surface area contributed by atoms with E-state index in [0.717, 1.165) is 6.42 Å². The van der Waals surface area contributed by atoms with Crippen LogP contribution in [0.2, 0.25) is 0 Å². The molecule has 2 rings (SSSR count). The Balaban J connectivity index is 3.06. The van der Waals surface area contributed by atoms with E-state index in [1.165, 1.54) is 0 Å². The Morgan fingerprint density at radius 2 is 2.60 bits per heavy atom. The Bertz CT molecular complexity index is 398. The standard InChI is InChI=1S/C5H5N4O/c10-9-5-4(7-8-9)2-1-3-6-5/h2-3,10H,1H2/q+1. The van der Waals surface area contributed by atoms with Crippen LogP contribution in [-0.4, -0.2) is 26.6 Å². The second-order valence-corrected chi connectivity index (χ2v) is 1.94. The summed E-state index contributed by atoms with van der Waals surface area (Å²) in [7, 11) is 0. The van der Waals surface area contributed by atoms with Crippen molar-refractivity contribution in [3.8, 4) is 0 Å². The smallest absolute Gasteiger partial charge is 0.327 e. The zero-order chi connectivity index (χ0) is 6.97. The van der Waals surface area contributed by atoms with Gasteiger partial charge in [-0.15, -0.1) is 0 Å². The average Bonchev–Trinajstić information content (AvgIpc) is 2.34. The minimum absolute atomic E-state index is 0.409. The predicted octanol–water partition coefficient (Wildman–Crippen LogP) is -2.54. The first kappa shape index (κ1) is 5.20. The molecule has 0 radical (unpaired) electrons. The molecule has 50 valence electrons. The number of rotatable bonds is 0. The van der Waals surface area contributed by atoms with Crippen molar-refractivity contribution in [3.63, 3.8) is 0 Å². The van der Waals surface area contributed by atoms with Crippen molar-refractivity contribution in [2.45, 2.75) is 6.42 Å². The maximum absolute atomic E-state index is 8.91. The first-order chi connectivity index (χ1) is 4.88. The first-order valence-electron chi connectivity index (χ1n) is 2.88. The van der Waals surface area contributed by atoms with Gasteiger partial charge in [-0.25, -0.2) is 4.67 Å². The van der Waals surface area contributed by atoms with Crippen LogP contribution in [0.3, 0.4) is 0 Å². The molecule has 0 saturated heterocycles. The molecule has 0 aliphatic carbocycles. The zero-order valence-corrected chi connectivity index (χ0v) is 5.10. The van der Waals surface area contributed by atoms with Crippen LogP contribution in [0.15, 0.2) is 0 Å². The zero-order valence-electron chi connectivity index (χ0n) is 5.10. The van der Waals surface area contributed by atoms with E-state index in [-0.39, 0.29) is 0 Å². The highest BCUT2D eigenvalue weighted by Gasteiger charge is 2.09. The molecule has 0 atom stereocenters. The molecule has 0 saturated carbocycles. The molecule has 1 aliphatic rings. The lowest BCUT2D eigenvalue weighted by molar-refractivity contribution is 0.131. The Hall–Kier alpha value is -1.61. The molecule has 10 heavy (non-hydrogen) atoms. The van der Waals surface area contributed by atoms with Crippen molar-refractivity contribution in [1.29, 1.82) is 0 Å². The van der Waals surface area contributed by atoms with Gasteiger partial charge in [0.05, 0.1) is 10.1 Å². The van der Waals surface area contributed by atoms with Crippen LogP contribution in [0.1, 0.15) is 6.42 Å². The van der Waals surface area contributed by atoms with Crippen LogP contribution in [0.5, 0.6) is 0 Å². The highest BCUT2D eigenvalue weighted by atomic mass is 16.5. The fourth-order valence-electron chi connectivity index (χ4n) is 0.833. The van der Waals surface area contributed by atoms with E-state index in [0.29, 0.717) is 15.7 Å². The third-order valence-electron chi connectivity index (χ3n) is 1.29. The van der Waals surface area contributed by atoms with Crippen molar-refractivity contribution in [1.82, 2.24) is 19.8 Å². The molecular formula is C5H5N4O+. The van der Waals surface area contributed by atoms with Crippen molar-refractivity contribution in [3.05, 3.63) is 10.8 Å². The summed E-state index contributed by atoms with van der Waals surface area (Å²) >= 11 is 0. The average molecular weight is 137 g/mol. The second-order valence-electron chi connectivity index (χ2n) is 1.94. The SMILES string of the molecule is On1nnc2c1=[N+]=CCC=2. The molecule has 5 heteroatoms. The van der Waals surface area contributed by atoms with Gasteiger partial charge in [0.25, 0.3) is 0 Å². The number of nitrogens with zero attached hydrogens (tertiary/aromatic N) is 4. The summed E-state index contributed by atoms with van der Waals surface area (Å²) in [4.78, 5) is 0.668. The molecule has 0 amide bonds. The van der Waals surface area contributed by atoms with Crippen molar-refractivity contribution in [2.24, 2.45) is 0 Å². The lowest BCUT2D eigenvalue weighted by Crippen LogP contribution is -2.34. The third-order valence-corrected chi connectivity index (χ3v) is 1.29. The van der Waals surface area contributed by atoms with Gasteiger partial charge in [-0.3, -0.25) is 0 Å². The van der Waals surface area contributed by atoms with Gasteiger partial charge in [0.15, 0.2) is 11.6 Å². The summed E-state index contributed by atoms with van der Waals surface area (Å²) in [5.74, 6) is 0. The topological polar surface area (TPSA) is 65.0 Å². The second kappa shape index (κ2) is 1.68. The number of hydrogen-bond acceptors (Lipinski definition) is 3. The van der Waals surface area contributed by atoms with Crippen molar-refractivity contribution >= 4 is 12.3 Å². The molecule has 0 spiro atoms. The normalized spacial score (nSPS) is 13.6. The molecule has 0 bridgehead atoms. The molecule has 0 fully saturated rings. The summed E-state index contributed by atoms with van der Waals surface area (Å²) in [6, 6.07) is 0. The molecule has 1 aromatic heterocycles. The van der Waals surface area contributed by atoms with Gasteiger partial charge in [0.2, 0.25) is 0 Å². The van der Waals surface area contributed by atoms with Gasteiger partial charge in [-0.2, -0.15) is 0 Å². The minimum Gasteiger partial charge on any atom is -0.327 e. The lowest BCUT2D eigenvalue weighted by atomic mass is 10.4. The summed E-state index contributed by atoms with van der Waals surface area (Å²) < 4.78 is 3.88. The van der Waals surface area contributed by atoms with E-state index < -0.39 is 0 Å². The Morgan fingerprint density at radius 1 is 1.70 bits per heavy atom. The van der Waals surface area contributed by atoms with Crippen molar-refractivity contribution < 1.29 is 5.21 Å². The molecule has 2 heterocycles. The molecule has 1 aromatic rings. The Kier molecular flexibility index (Phi) is 0.875. The van der Waals surface area contributed by atoms with E-state index >= 15 is 0 Å². The molecule has 1 N–H and O–H groups in total. The van der Waals surface area contributed by atoms with Crippen LogP contribution >= 0.6 is 0 Å². The third kappa shape index (κ3) is 0.549. The van der Waals surface area contributed by atoms with Crippen molar-refractivity contribution in [2.75, 3.05) is 0 Å². The van der Waals surface area contributed by atoms with Crippen LogP contribution in [0.4, 0.5) is 0 Å². The van der Waals surface area contributed by atoms with E-state index in [1.54, 1.807) is 6.21 Å². The van der Waals surface area contributed by atoms with Gasteiger partial charge in [-0.1, -0.05) is 5.10 Å². The fourth-order valence-corrected chi connectivity index (χ4v) is 0.833. The van der Waals surface area contributed by atoms with Gasteiger partial charge in [-0.05, 0) is 6.08 Å². The Labute approximate surface area is 55.6 Å². The summed E-state index contributed by atoms with van der Waals surface area (Å²) in [5.41, 5.74) is 0.409. The molecule has 5 nitrogen and oxygen atoms in total. The summed E-state index contributed by atoms with van der Waals surface area (Å²) in [6.45, 7) is 0. The summed E-state index contributed by atoms with van der Waals surface area (Å²) in [5, 5.41) is 16.6. The maximum Gasteiger partial charge on any atom is 0.463 e. The monoisotopic (exact) mass is 137 g/mol. The lowest BCUT2D eigenvalue weighted by Gasteiger charge is -1.73. The minimum atomic E-state index is 0.409. The molecule has 0 aromatic carbocycles. The highest BCUT2D eigenvalue weighted by molar-refractivity contribution is 5.64. The fraction of sp³-hybridized carbons (Fsp3) is 0.200. The van der Waals surface area contributed by atoms with Crippen LogP contribution < -0.4 is 15.5 Å². The molecule has 0 unspecified atom stereocenters. The largest absolute Gasteiger partial charge is 0.463 e. The van der Waals surface area contributed by atoms with E-state index in [1.807, 2.05) is 6.08 Å². The highest BCUT2D eigenvalue weighted by Crippen LogP contribution is 1.70. The first-order valence-corrected chi connectivity index (χ1v) is 2.88. The van der Waals surface area contributed by atoms with Crippen LogP contribution in [-0.2, 0) is 0 Å². The maximum atomic E-state index is 8.91. The van der Waals surface area contributed by atoms with Gasteiger partial charge in [0, 0.05) is 6.42 Å². The van der Waals surface area contributed by atoms with E-state index in [2.05, 4.69) is 15.0 Å². The van der Waals surface area contributed by atoms with Crippen LogP contribution in [0, 0.1) is 0 Å². The molecular weight excluding hydrogens is 132 g/mol. The number of aromatic nitrogens is 3. The van der Waals surface area contributed by atoms with Gasteiger partial charge >= 0.3 is 5.49 Å². The molecule has 1 aliphatic heterocycles.